The van der Waals surface area contributed by atoms with E-state index in [4.69, 9.17) is 4.74 Å². The van der Waals surface area contributed by atoms with Crippen LogP contribution in [0.1, 0.15) is 11.7 Å². The van der Waals surface area contributed by atoms with E-state index in [9.17, 15) is 14.6 Å². The molecule has 0 aliphatic rings. The number of aliphatic hydroxyl groups is 1. The Bertz CT molecular complexity index is 344. The molecule has 0 fully saturated rings. The van der Waals surface area contributed by atoms with E-state index >= 15 is 0 Å². The van der Waals surface area contributed by atoms with Crippen LogP contribution in [0.4, 0.5) is 4.39 Å². The number of hydrogen-bond acceptors (Lipinski definition) is 4. The summed E-state index contributed by atoms with van der Waals surface area (Å²) >= 11 is 0. The van der Waals surface area contributed by atoms with Crippen molar-refractivity contribution in [1.29, 1.82) is 0 Å². The van der Waals surface area contributed by atoms with Crippen LogP contribution in [0.3, 0.4) is 0 Å². The number of nitrogens with one attached hydrogen (secondary N) is 1. The van der Waals surface area contributed by atoms with Gasteiger partial charge < -0.3 is 20.3 Å². The standard InChI is InChI=1S/C10H14FNO3/c1-12-5-9(14)6-3-8(13)7(11)4-10(6)15-2/h3-4,9,12-14H,5H2,1-2H3. The van der Waals surface area contributed by atoms with Crippen molar-refractivity contribution in [2.75, 3.05) is 20.7 Å². The molecule has 3 N–H and O–H groups in total. The first kappa shape index (κ1) is 11.7. The van der Waals surface area contributed by atoms with Crippen molar-refractivity contribution in [3.63, 3.8) is 0 Å². The molecule has 1 aromatic rings. The van der Waals surface area contributed by atoms with Gasteiger partial charge in [0.2, 0.25) is 0 Å². The Labute approximate surface area is 87.3 Å². The summed E-state index contributed by atoms with van der Waals surface area (Å²) in [7, 11) is 3.06. The van der Waals surface area contributed by atoms with Gasteiger partial charge in [-0.2, -0.15) is 0 Å². The maximum atomic E-state index is 13.0. The molecule has 1 atom stereocenters. The topological polar surface area (TPSA) is 61.7 Å². The fourth-order valence-corrected chi connectivity index (χ4v) is 1.30. The molecule has 0 saturated carbocycles. The van der Waals surface area contributed by atoms with Gasteiger partial charge in [0.1, 0.15) is 5.75 Å². The summed E-state index contributed by atoms with van der Waals surface area (Å²) in [6.45, 7) is 0.293. The molecule has 5 heteroatoms. The van der Waals surface area contributed by atoms with Crippen molar-refractivity contribution in [1.82, 2.24) is 5.32 Å². The van der Waals surface area contributed by atoms with Crippen LogP contribution in [-0.4, -0.2) is 30.9 Å². The molecule has 0 heterocycles. The van der Waals surface area contributed by atoms with Crippen LogP contribution < -0.4 is 10.1 Å². The van der Waals surface area contributed by atoms with E-state index in [2.05, 4.69) is 5.32 Å². The molecule has 1 aromatic carbocycles. The summed E-state index contributed by atoms with van der Waals surface area (Å²) in [5, 5.41) is 21.6. The van der Waals surface area contributed by atoms with E-state index in [1.54, 1.807) is 7.05 Å². The van der Waals surface area contributed by atoms with Gasteiger partial charge in [0, 0.05) is 18.2 Å². The van der Waals surface area contributed by atoms with E-state index in [-0.39, 0.29) is 5.75 Å². The third kappa shape index (κ3) is 2.57. The predicted molar refractivity (Wildman–Crippen MR) is 53.5 cm³/mol. The average molecular weight is 215 g/mol. The van der Waals surface area contributed by atoms with E-state index in [0.29, 0.717) is 12.1 Å². The minimum Gasteiger partial charge on any atom is -0.505 e. The summed E-state index contributed by atoms with van der Waals surface area (Å²) in [6, 6.07) is 2.21. The highest BCUT2D eigenvalue weighted by Gasteiger charge is 2.16. The molecule has 0 radical (unpaired) electrons. The average Bonchev–Trinajstić information content (AvgIpc) is 2.21. The number of phenolic OH excluding ortho intramolecular Hbond substituents is 1. The highest BCUT2D eigenvalue weighted by atomic mass is 19.1. The quantitative estimate of drug-likeness (QED) is 0.695. The minimum absolute atomic E-state index is 0.216. The fraction of sp³-hybridized carbons (Fsp3) is 0.400. The maximum Gasteiger partial charge on any atom is 0.168 e. The summed E-state index contributed by atoms with van der Waals surface area (Å²) < 4.78 is 17.9. The van der Waals surface area contributed by atoms with Crippen molar-refractivity contribution in [2.24, 2.45) is 0 Å². The number of phenols is 1. The fourth-order valence-electron chi connectivity index (χ4n) is 1.30. The number of likely N-dealkylation sites (N-methyl/N-ethyl adjacent to an activating group) is 1. The van der Waals surface area contributed by atoms with E-state index in [1.807, 2.05) is 0 Å². The molecule has 0 amide bonds. The second-order valence-electron chi connectivity index (χ2n) is 3.12. The van der Waals surface area contributed by atoms with Crippen LogP contribution in [0, 0.1) is 5.82 Å². The molecular formula is C10H14FNO3. The Morgan fingerprint density at radius 3 is 2.73 bits per heavy atom. The molecule has 0 aromatic heterocycles. The van der Waals surface area contributed by atoms with Crippen LogP contribution in [0.25, 0.3) is 0 Å². The van der Waals surface area contributed by atoms with E-state index in [1.165, 1.54) is 7.11 Å². The molecule has 84 valence electrons. The second-order valence-corrected chi connectivity index (χ2v) is 3.12. The van der Waals surface area contributed by atoms with Crippen molar-refractivity contribution >= 4 is 0 Å². The SMILES string of the molecule is CNCC(O)c1cc(O)c(F)cc1OC. The van der Waals surface area contributed by atoms with Crippen LogP contribution in [0.15, 0.2) is 12.1 Å². The molecule has 0 spiro atoms. The third-order valence-corrected chi connectivity index (χ3v) is 2.06. The van der Waals surface area contributed by atoms with Crippen molar-refractivity contribution in [3.05, 3.63) is 23.5 Å². The lowest BCUT2D eigenvalue weighted by Gasteiger charge is -2.14. The van der Waals surface area contributed by atoms with Crippen molar-refractivity contribution in [3.8, 4) is 11.5 Å². The lowest BCUT2D eigenvalue weighted by molar-refractivity contribution is 0.172. The smallest absolute Gasteiger partial charge is 0.168 e. The first-order chi connectivity index (χ1) is 7.10. The number of halogens is 1. The van der Waals surface area contributed by atoms with Crippen LogP contribution in [0.2, 0.25) is 0 Å². The minimum atomic E-state index is -0.851. The maximum absolute atomic E-state index is 13.0. The van der Waals surface area contributed by atoms with Gasteiger partial charge in [-0.05, 0) is 13.1 Å². The number of aliphatic hydroxyl groups excluding tert-OH is 1. The third-order valence-electron chi connectivity index (χ3n) is 2.06. The zero-order chi connectivity index (χ0) is 11.4. The zero-order valence-electron chi connectivity index (χ0n) is 8.62. The first-order valence-corrected chi connectivity index (χ1v) is 4.49. The van der Waals surface area contributed by atoms with Crippen molar-refractivity contribution in [2.45, 2.75) is 6.10 Å². The number of aromatic hydroxyl groups is 1. The van der Waals surface area contributed by atoms with Gasteiger partial charge in [0.05, 0.1) is 13.2 Å². The van der Waals surface area contributed by atoms with E-state index < -0.39 is 17.7 Å². The van der Waals surface area contributed by atoms with Gasteiger partial charge >= 0.3 is 0 Å². The normalized spacial score (nSPS) is 12.5. The first-order valence-electron chi connectivity index (χ1n) is 4.49. The summed E-state index contributed by atoms with van der Waals surface area (Å²) in [5.41, 5.74) is 0.353. The Kier molecular flexibility index (Phi) is 3.88. The molecule has 15 heavy (non-hydrogen) atoms. The lowest BCUT2D eigenvalue weighted by Crippen LogP contribution is -2.17. The molecule has 0 aliphatic heterocycles. The van der Waals surface area contributed by atoms with Gasteiger partial charge in [0.25, 0.3) is 0 Å². The number of rotatable bonds is 4. The van der Waals surface area contributed by atoms with E-state index in [0.717, 1.165) is 12.1 Å². The van der Waals surface area contributed by atoms with Crippen molar-refractivity contribution < 1.29 is 19.3 Å². The van der Waals surface area contributed by atoms with Crippen LogP contribution >= 0.6 is 0 Å². The molecule has 0 bridgehead atoms. The summed E-state index contributed by atoms with van der Waals surface area (Å²) in [4.78, 5) is 0. The number of benzene rings is 1. The number of ether oxygens (including phenoxy) is 1. The Balaban J connectivity index is 3.09. The molecule has 1 unspecified atom stereocenters. The lowest BCUT2D eigenvalue weighted by atomic mass is 10.1. The molecule has 0 saturated heterocycles. The highest BCUT2D eigenvalue weighted by Crippen LogP contribution is 2.30. The second kappa shape index (κ2) is 4.95. The summed E-state index contributed by atoms with van der Waals surface area (Å²) in [5.74, 6) is -1.05. The van der Waals surface area contributed by atoms with Gasteiger partial charge in [0.15, 0.2) is 11.6 Å². The van der Waals surface area contributed by atoms with Crippen LogP contribution in [0.5, 0.6) is 11.5 Å². The van der Waals surface area contributed by atoms with Gasteiger partial charge in [-0.1, -0.05) is 0 Å². The monoisotopic (exact) mass is 215 g/mol. The van der Waals surface area contributed by atoms with Gasteiger partial charge in [-0.25, -0.2) is 4.39 Å². The van der Waals surface area contributed by atoms with Crippen LogP contribution in [-0.2, 0) is 0 Å². The predicted octanol–water partition coefficient (Wildman–Crippen LogP) is 0.793. The molecule has 4 nitrogen and oxygen atoms in total. The highest BCUT2D eigenvalue weighted by molar-refractivity contribution is 5.42. The Morgan fingerprint density at radius 2 is 2.20 bits per heavy atom. The Morgan fingerprint density at radius 1 is 1.53 bits per heavy atom. The number of hydrogen-bond donors (Lipinski definition) is 3. The molecular weight excluding hydrogens is 201 g/mol. The van der Waals surface area contributed by atoms with Gasteiger partial charge in [-0.15, -0.1) is 0 Å². The molecule has 1 rings (SSSR count). The largest absolute Gasteiger partial charge is 0.505 e. The summed E-state index contributed by atoms with van der Waals surface area (Å²) in [6.07, 6.45) is -0.851. The Hall–Kier alpha value is -1.33. The van der Waals surface area contributed by atoms with Gasteiger partial charge in [-0.3, -0.25) is 0 Å². The molecule has 0 aliphatic carbocycles. The number of methoxy groups -OCH3 is 1. The zero-order valence-corrected chi connectivity index (χ0v) is 8.62.